The van der Waals surface area contributed by atoms with Gasteiger partial charge >= 0.3 is 0 Å². The third kappa shape index (κ3) is 8.91. The van der Waals surface area contributed by atoms with Crippen LogP contribution in [-0.4, -0.2) is 33.6 Å². The SMILES string of the molecule is CC1=C[C@H](O)CC(C)(C)[C@H]1/C=C/C(C)=C\C=C\C(C)=C\C=C\C=C(C)/C=C/C=C(C)/C=C/C12OC1(C)C[C@H](O)CC2(C)C. The van der Waals surface area contributed by atoms with Gasteiger partial charge in [0, 0.05) is 17.8 Å². The van der Waals surface area contributed by atoms with Crippen molar-refractivity contribution in [2.75, 3.05) is 0 Å². The van der Waals surface area contributed by atoms with Crippen LogP contribution in [0.3, 0.4) is 0 Å². The lowest BCUT2D eigenvalue weighted by Crippen LogP contribution is -2.46. The van der Waals surface area contributed by atoms with E-state index >= 15 is 0 Å². The Labute approximate surface area is 262 Å². The lowest BCUT2D eigenvalue weighted by molar-refractivity contribution is 0.0515. The van der Waals surface area contributed by atoms with Gasteiger partial charge in [0.15, 0.2) is 0 Å². The number of fused-ring (bicyclic) bond motifs is 1. The first-order valence-corrected chi connectivity index (χ1v) is 15.8. The van der Waals surface area contributed by atoms with Gasteiger partial charge in [-0.3, -0.25) is 0 Å². The molecule has 1 saturated carbocycles. The van der Waals surface area contributed by atoms with E-state index in [0.29, 0.717) is 12.3 Å². The summed E-state index contributed by atoms with van der Waals surface area (Å²) >= 11 is 0. The fraction of sp³-hybridized carbons (Fsp3) is 0.500. The average molecular weight is 585 g/mol. The molecule has 2 N–H and O–H groups in total. The smallest absolute Gasteiger partial charge is 0.121 e. The molecule has 1 aliphatic heterocycles. The highest BCUT2D eigenvalue weighted by Gasteiger charge is 2.74. The van der Waals surface area contributed by atoms with Gasteiger partial charge in [-0.15, -0.1) is 0 Å². The highest BCUT2D eigenvalue weighted by Crippen LogP contribution is 2.66. The first-order valence-electron chi connectivity index (χ1n) is 15.8. The van der Waals surface area contributed by atoms with Gasteiger partial charge in [0.05, 0.1) is 12.2 Å². The molecule has 5 atom stereocenters. The Morgan fingerprint density at radius 3 is 1.77 bits per heavy atom. The lowest BCUT2D eigenvalue weighted by Gasteiger charge is -2.39. The van der Waals surface area contributed by atoms with Crippen LogP contribution in [0.1, 0.15) is 88.5 Å². The molecule has 2 aliphatic carbocycles. The van der Waals surface area contributed by atoms with Gasteiger partial charge in [-0.05, 0) is 65.9 Å². The molecule has 3 nitrogen and oxygen atoms in total. The molecule has 43 heavy (non-hydrogen) atoms. The molecule has 1 saturated heterocycles. The fourth-order valence-corrected chi connectivity index (χ4v) is 7.07. The van der Waals surface area contributed by atoms with E-state index in [1.807, 2.05) is 6.08 Å². The van der Waals surface area contributed by atoms with Gasteiger partial charge in [0.25, 0.3) is 0 Å². The van der Waals surface area contributed by atoms with Crippen LogP contribution in [0.25, 0.3) is 0 Å². The van der Waals surface area contributed by atoms with E-state index in [0.717, 1.165) is 12.8 Å². The van der Waals surface area contributed by atoms with E-state index in [-0.39, 0.29) is 34.2 Å². The Morgan fingerprint density at radius 1 is 0.721 bits per heavy atom. The van der Waals surface area contributed by atoms with Crippen LogP contribution in [0, 0.1) is 16.7 Å². The molecule has 0 aromatic carbocycles. The van der Waals surface area contributed by atoms with Crippen LogP contribution in [0.5, 0.6) is 0 Å². The normalized spacial score (nSPS) is 33.8. The first kappa shape index (κ1) is 34.8. The van der Waals surface area contributed by atoms with E-state index in [2.05, 4.69) is 154 Å². The summed E-state index contributed by atoms with van der Waals surface area (Å²) in [4.78, 5) is 0. The van der Waals surface area contributed by atoms with Gasteiger partial charge in [-0.25, -0.2) is 0 Å². The van der Waals surface area contributed by atoms with Crippen LogP contribution in [0.15, 0.2) is 119 Å². The van der Waals surface area contributed by atoms with Crippen molar-refractivity contribution in [2.45, 2.75) is 112 Å². The van der Waals surface area contributed by atoms with E-state index in [1.165, 1.54) is 27.9 Å². The summed E-state index contributed by atoms with van der Waals surface area (Å²) in [5, 5.41) is 20.3. The third-order valence-electron chi connectivity index (χ3n) is 9.43. The highest BCUT2D eigenvalue weighted by molar-refractivity contribution is 5.37. The molecule has 2 unspecified atom stereocenters. The number of ether oxygens (including phenoxy) is 1. The van der Waals surface area contributed by atoms with Crippen molar-refractivity contribution in [1.29, 1.82) is 0 Å². The number of hydrogen-bond acceptors (Lipinski definition) is 3. The predicted octanol–water partition coefficient (Wildman–Crippen LogP) is 9.61. The summed E-state index contributed by atoms with van der Waals surface area (Å²) in [6.45, 7) is 21.5. The zero-order valence-corrected chi connectivity index (χ0v) is 28.3. The maximum Gasteiger partial charge on any atom is 0.121 e. The second-order valence-corrected chi connectivity index (χ2v) is 14.6. The standard InChI is InChI=1S/C40H56O3/c1-29(17-13-19-31(3)21-22-36-33(5)25-34(41)26-37(36,6)7)15-11-12-16-30(2)18-14-20-32(4)23-24-40-38(8,9)27-35(42)28-39(40,10)43-40/h11-25,34-36,41-42H,26-28H2,1-10H3/b12-11+,17-13+,18-14+,22-21+,24-23+,29-15+,30-16-,31-19-,32-20+/t34-,35+,36-,39?,40?/m0/s1. The molecule has 0 amide bonds. The van der Waals surface area contributed by atoms with Gasteiger partial charge in [-0.2, -0.15) is 0 Å². The van der Waals surface area contributed by atoms with Crippen LogP contribution >= 0.6 is 0 Å². The average Bonchev–Trinajstić information content (AvgIpc) is 3.49. The summed E-state index contributed by atoms with van der Waals surface area (Å²) in [5.41, 5.74) is 5.38. The molecule has 1 heterocycles. The van der Waals surface area contributed by atoms with Crippen molar-refractivity contribution >= 4 is 0 Å². The summed E-state index contributed by atoms with van der Waals surface area (Å²) in [6, 6.07) is 0. The Morgan fingerprint density at radius 2 is 1.23 bits per heavy atom. The molecule has 0 bridgehead atoms. The first-order chi connectivity index (χ1) is 20.0. The molecule has 3 rings (SSSR count). The van der Waals surface area contributed by atoms with Crippen molar-refractivity contribution < 1.29 is 14.9 Å². The minimum atomic E-state index is -0.333. The Kier molecular flexibility index (Phi) is 11.3. The fourth-order valence-electron chi connectivity index (χ4n) is 7.07. The summed E-state index contributed by atoms with van der Waals surface area (Å²) in [7, 11) is 0. The second-order valence-electron chi connectivity index (χ2n) is 14.6. The molecule has 3 heteroatoms. The van der Waals surface area contributed by atoms with Crippen molar-refractivity contribution in [3.8, 4) is 0 Å². The number of rotatable bonds is 10. The van der Waals surface area contributed by atoms with E-state index in [4.69, 9.17) is 4.74 Å². The zero-order valence-electron chi connectivity index (χ0n) is 28.3. The molecule has 0 radical (unpaired) electrons. The van der Waals surface area contributed by atoms with Crippen LogP contribution in [0.2, 0.25) is 0 Å². The topological polar surface area (TPSA) is 53.0 Å². The molecule has 0 aromatic rings. The molecule has 0 aromatic heterocycles. The van der Waals surface area contributed by atoms with E-state index < -0.39 is 0 Å². The molecular weight excluding hydrogens is 528 g/mol. The van der Waals surface area contributed by atoms with E-state index in [9.17, 15) is 10.2 Å². The molecule has 2 fully saturated rings. The monoisotopic (exact) mass is 584 g/mol. The largest absolute Gasteiger partial charge is 0.393 e. The maximum atomic E-state index is 10.2. The third-order valence-corrected chi connectivity index (χ3v) is 9.43. The molecular formula is C40H56O3. The summed E-state index contributed by atoms with van der Waals surface area (Å²) in [5.74, 6) is 0.345. The maximum absolute atomic E-state index is 10.2. The van der Waals surface area contributed by atoms with Crippen LogP contribution in [-0.2, 0) is 4.74 Å². The highest BCUT2D eigenvalue weighted by atomic mass is 16.6. The van der Waals surface area contributed by atoms with E-state index in [1.54, 1.807) is 0 Å². The number of hydrogen-bond donors (Lipinski definition) is 2. The summed E-state index contributed by atoms with van der Waals surface area (Å²) < 4.78 is 6.25. The number of aliphatic hydroxyl groups excluding tert-OH is 2. The van der Waals surface area contributed by atoms with Crippen molar-refractivity contribution in [1.82, 2.24) is 0 Å². The number of epoxide rings is 1. The van der Waals surface area contributed by atoms with Crippen molar-refractivity contribution in [3.05, 3.63) is 119 Å². The molecule has 0 spiro atoms. The number of aliphatic hydroxyl groups is 2. The lowest BCUT2D eigenvalue weighted by atomic mass is 9.63. The van der Waals surface area contributed by atoms with Crippen molar-refractivity contribution in [3.63, 3.8) is 0 Å². The Balaban J connectivity index is 1.49. The van der Waals surface area contributed by atoms with Gasteiger partial charge in [-0.1, -0.05) is 141 Å². The minimum Gasteiger partial charge on any atom is -0.393 e. The Hall–Kier alpha value is -2.72. The van der Waals surface area contributed by atoms with Crippen molar-refractivity contribution in [2.24, 2.45) is 16.7 Å². The van der Waals surface area contributed by atoms with Gasteiger partial charge < -0.3 is 14.9 Å². The quantitative estimate of drug-likeness (QED) is 0.153. The van der Waals surface area contributed by atoms with Crippen LogP contribution < -0.4 is 0 Å². The Bertz CT molecular complexity index is 1320. The minimum absolute atomic E-state index is 0.0547. The van der Waals surface area contributed by atoms with Crippen LogP contribution in [0.4, 0.5) is 0 Å². The van der Waals surface area contributed by atoms with Gasteiger partial charge in [0.2, 0.25) is 0 Å². The second kappa shape index (κ2) is 13.9. The number of allylic oxidation sites excluding steroid dienone is 18. The molecule has 3 aliphatic rings. The predicted molar refractivity (Wildman–Crippen MR) is 184 cm³/mol. The zero-order chi connectivity index (χ0) is 32.1. The molecule has 234 valence electrons. The van der Waals surface area contributed by atoms with Gasteiger partial charge in [0.1, 0.15) is 11.2 Å². The summed E-state index contributed by atoms with van der Waals surface area (Å²) in [6.07, 6.45) is 33.5.